The Labute approximate surface area is 167 Å². The maximum atomic E-state index is 12.8. The lowest BCUT2D eigenvalue weighted by Crippen LogP contribution is -2.50. The van der Waals surface area contributed by atoms with Gasteiger partial charge in [-0.15, -0.1) is 0 Å². The Morgan fingerprint density at radius 2 is 1.46 bits per heavy atom. The molecule has 1 aliphatic heterocycles. The molecule has 0 unspecified atom stereocenters. The average Bonchev–Trinajstić information content (AvgIpc) is 3.24. The number of benzene rings is 2. The predicted octanol–water partition coefficient (Wildman–Crippen LogP) is 3.33. The molecule has 0 radical (unpaired) electrons. The van der Waals surface area contributed by atoms with Gasteiger partial charge in [-0.1, -0.05) is 54.1 Å². The van der Waals surface area contributed by atoms with Crippen LogP contribution in [-0.2, 0) is 0 Å². The number of hydrogen-bond acceptors (Lipinski definition) is 3. The molecule has 1 fully saturated rings. The number of aromatic amines is 1. The first kappa shape index (κ1) is 18.3. The molecule has 4 rings (SSSR count). The molecule has 2 amide bonds. The summed E-state index contributed by atoms with van der Waals surface area (Å²) >= 11 is 6.13. The Morgan fingerprint density at radius 1 is 0.857 bits per heavy atom. The van der Waals surface area contributed by atoms with Gasteiger partial charge in [0.25, 0.3) is 11.8 Å². The number of nitrogens with zero attached hydrogens (tertiary/aromatic N) is 3. The summed E-state index contributed by atoms with van der Waals surface area (Å²) in [7, 11) is 0. The quantitative estimate of drug-likeness (QED) is 0.740. The van der Waals surface area contributed by atoms with Crippen LogP contribution in [0.5, 0.6) is 0 Å². The average molecular weight is 395 g/mol. The molecule has 2 heterocycles. The number of H-pyrrole nitrogens is 1. The van der Waals surface area contributed by atoms with Crippen LogP contribution in [0, 0.1) is 0 Å². The van der Waals surface area contributed by atoms with Gasteiger partial charge in [-0.2, -0.15) is 5.10 Å². The summed E-state index contributed by atoms with van der Waals surface area (Å²) in [5, 5.41) is 7.51. The molecule has 28 heavy (non-hydrogen) atoms. The Bertz CT molecular complexity index is 994. The minimum absolute atomic E-state index is 0.106. The normalized spacial score (nSPS) is 14.2. The fourth-order valence-corrected chi connectivity index (χ4v) is 3.49. The van der Waals surface area contributed by atoms with Crippen LogP contribution >= 0.6 is 11.6 Å². The first-order valence-electron chi connectivity index (χ1n) is 9.07. The highest BCUT2D eigenvalue weighted by molar-refractivity contribution is 6.33. The van der Waals surface area contributed by atoms with E-state index in [1.54, 1.807) is 40.1 Å². The first-order chi connectivity index (χ1) is 13.6. The molecule has 1 aliphatic rings. The molecule has 142 valence electrons. The third-order valence-corrected chi connectivity index (χ3v) is 5.17. The van der Waals surface area contributed by atoms with Crippen LogP contribution in [-0.4, -0.2) is 58.0 Å². The summed E-state index contributed by atoms with van der Waals surface area (Å²) in [6, 6.07) is 18.5. The van der Waals surface area contributed by atoms with Crippen molar-refractivity contribution >= 4 is 23.4 Å². The standard InChI is InChI=1S/C21H19ClN4O2/c22-17-9-5-4-8-16(17)20(27)25-10-12-26(13-11-25)21(28)19-14-18(23-24-19)15-6-2-1-3-7-15/h1-9,14H,10-13H2,(H,23,24). The monoisotopic (exact) mass is 394 g/mol. The second-order valence-corrected chi connectivity index (χ2v) is 7.00. The number of carbonyl (C=O) groups excluding carboxylic acids is 2. The molecule has 0 spiro atoms. The fraction of sp³-hybridized carbons (Fsp3) is 0.190. The largest absolute Gasteiger partial charge is 0.335 e. The van der Waals surface area contributed by atoms with Crippen molar-refractivity contribution in [1.29, 1.82) is 0 Å². The molecular weight excluding hydrogens is 376 g/mol. The molecule has 7 heteroatoms. The molecule has 3 aromatic rings. The van der Waals surface area contributed by atoms with Gasteiger partial charge in [-0.05, 0) is 18.2 Å². The maximum absolute atomic E-state index is 12.8. The van der Waals surface area contributed by atoms with Crippen molar-refractivity contribution in [3.8, 4) is 11.3 Å². The van der Waals surface area contributed by atoms with Gasteiger partial charge in [0.15, 0.2) is 0 Å². The maximum Gasteiger partial charge on any atom is 0.272 e. The Morgan fingerprint density at radius 3 is 2.14 bits per heavy atom. The molecule has 2 aromatic carbocycles. The molecule has 1 N–H and O–H groups in total. The number of hydrogen-bond donors (Lipinski definition) is 1. The second kappa shape index (κ2) is 7.86. The van der Waals surface area contributed by atoms with Crippen molar-refractivity contribution in [1.82, 2.24) is 20.0 Å². The van der Waals surface area contributed by atoms with Crippen LogP contribution in [0.3, 0.4) is 0 Å². The molecule has 1 aromatic heterocycles. The zero-order chi connectivity index (χ0) is 19.5. The topological polar surface area (TPSA) is 69.3 Å². The van der Waals surface area contributed by atoms with Crippen LogP contribution in [0.2, 0.25) is 5.02 Å². The first-order valence-corrected chi connectivity index (χ1v) is 9.45. The SMILES string of the molecule is O=C(c1cc(-c2ccccc2)n[nH]1)N1CCN(C(=O)c2ccccc2Cl)CC1. The van der Waals surface area contributed by atoms with Gasteiger partial charge >= 0.3 is 0 Å². The van der Waals surface area contributed by atoms with Crippen molar-refractivity contribution in [2.75, 3.05) is 26.2 Å². The third-order valence-electron chi connectivity index (χ3n) is 4.84. The zero-order valence-corrected chi connectivity index (χ0v) is 15.9. The summed E-state index contributed by atoms with van der Waals surface area (Å²) in [6.45, 7) is 1.87. The van der Waals surface area contributed by atoms with Gasteiger partial charge in [-0.3, -0.25) is 14.7 Å². The number of amides is 2. The smallest absolute Gasteiger partial charge is 0.272 e. The van der Waals surface area contributed by atoms with E-state index in [1.807, 2.05) is 30.3 Å². The van der Waals surface area contributed by atoms with Gasteiger partial charge in [-0.25, -0.2) is 0 Å². The lowest BCUT2D eigenvalue weighted by atomic mass is 10.1. The summed E-state index contributed by atoms with van der Waals surface area (Å²) in [4.78, 5) is 28.9. The number of piperazine rings is 1. The highest BCUT2D eigenvalue weighted by atomic mass is 35.5. The second-order valence-electron chi connectivity index (χ2n) is 6.60. The number of halogens is 1. The third kappa shape index (κ3) is 3.64. The van der Waals surface area contributed by atoms with Crippen molar-refractivity contribution in [3.63, 3.8) is 0 Å². The van der Waals surface area contributed by atoms with E-state index in [2.05, 4.69) is 10.2 Å². The van der Waals surface area contributed by atoms with Crippen molar-refractivity contribution in [2.24, 2.45) is 0 Å². The summed E-state index contributed by atoms with van der Waals surface area (Å²) in [6.07, 6.45) is 0. The molecule has 6 nitrogen and oxygen atoms in total. The van der Waals surface area contributed by atoms with E-state index in [-0.39, 0.29) is 11.8 Å². The lowest BCUT2D eigenvalue weighted by molar-refractivity contribution is 0.0532. The highest BCUT2D eigenvalue weighted by Gasteiger charge is 2.27. The highest BCUT2D eigenvalue weighted by Crippen LogP contribution is 2.20. The van der Waals surface area contributed by atoms with Crippen LogP contribution < -0.4 is 0 Å². The van der Waals surface area contributed by atoms with Crippen LogP contribution in [0.4, 0.5) is 0 Å². The predicted molar refractivity (Wildman–Crippen MR) is 107 cm³/mol. The Hall–Kier alpha value is -3.12. The van der Waals surface area contributed by atoms with Gasteiger partial charge in [0.2, 0.25) is 0 Å². The van der Waals surface area contributed by atoms with Crippen molar-refractivity contribution < 1.29 is 9.59 Å². The van der Waals surface area contributed by atoms with Crippen LogP contribution in [0.25, 0.3) is 11.3 Å². The molecule has 1 saturated heterocycles. The van der Waals surface area contributed by atoms with Gasteiger partial charge in [0.1, 0.15) is 5.69 Å². The fourth-order valence-electron chi connectivity index (χ4n) is 3.28. The van der Waals surface area contributed by atoms with Crippen molar-refractivity contribution in [3.05, 3.63) is 76.9 Å². The van der Waals surface area contributed by atoms with Crippen LogP contribution in [0.1, 0.15) is 20.8 Å². The summed E-state index contributed by atoms with van der Waals surface area (Å²) in [5.41, 5.74) is 2.62. The van der Waals surface area contributed by atoms with E-state index in [0.717, 1.165) is 11.3 Å². The number of nitrogens with one attached hydrogen (secondary N) is 1. The molecular formula is C21H19ClN4O2. The summed E-state index contributed by atoms with van der Waals surface area (Å²) in [5.74, 6) is -0.217. The Kier molecular flexibility index (Phi) is 5.12. The zero-order valence-electron chi connectivity index (χ0n) is 15.1. The van der Waals surface area contributed by atoms with Gasteiger partial charge < -0.3 is 9.80 Å². The number of aromatic nitrogens is 2. The molecule has 0 bridgehead atoms. The van der Waals surface area contributed by atoms with E-state index in [0.29, 0.717) is 42.5 Å². The van der Waals surface area contributed by atoms with E-state index in [9.17, 15) is 9.59 Å². The minimum atomic E-state index is -0.112. The van der Waals surface area contributed by atoms with Gasteiger partial charge in [0.05, 0.1) is 16.3 Å². The minimum Gasteiger partial charge on any atom is -0.335 e. The summed E-state index contributed by atoms with van der Waals surface area (Å²) < 4.78 is 0. The Balaban J connectivity index is 1.40. The van der Waals surface area contributed by atoms with E-state index in [4.69, 9.17) is 11.6 Å². The number of rotatable bonds is 3. The molecule has 0 saturated carbocycles. The molecule has 0 aliphatic carbocycles. The number of carbonyl (C=O) groups is 2. The van der Waals surface area contributed by atoms with E-state index >= 15 is 0 Å². The van der Waals surface area contributed by atoms with Gasteiger partial charge in [0, 0.05) is 31.7 Å². The van der Waals surface area contributed by atoms with Crippen LogP contribution in [0.15, 0.2) is 60.7 Å². The van der Waals surface area contributed by atoms with E-state index < -0.39 is 0 Å². The lowest BCUT2D eigenvalue weighted by Gasteiger charge is -2.34. The van der Waals surface area contributed by atoms with Crippen molar-refractivity contribution in [2.45, 2.75) is 0 Å². The van der Waals surface area contributed by atoms with E-state index in [1.165, 1.54) is 0 Å². The molecule has 0 atom stereocenters.